The zero-order valence-corrected chi connectivity index (χ0v) is 21.3. The lowest BCUT2D eigenvalue weighted by Crippen LogP contribution is -2.53. The zero-order chi connectivity index (χ0) is 25.3. The van der Waals surface area contributed by atoms with Crippen LogP contribution in [0.2, 0.25) is 0 Å². The van der Waals surface area contributed by atoms with E-state index in [1.807, 2.05) is 51.1 Å². The smallest absolute Gasteiger partial charge is 0.244 e. The van der Waals surface area contributed by atoms with E-state index >= 15 is 0 Å². The van der Waals surface area contributed by atoms with E-state index in [-0.39, 0.29) is 18.5 Å². The van der Waals surface area contributed by atoms with Gasteiger partial charge in [0.2, 0.25) is 21.8 Å². The Morgan fingerprint density at radius 3 is 2.12 bits per heavy atom. The molecule has 186 valence electrons. The molecule has 0 saturated carbocycles. The summed E-state index contributed by atoms with van der Waals surface area (Å²) in [5, 5.41) is 2.95. The fourth-order valence-corrected chi connectivity index (χ4v) is 4.35. The largest absolute Gasteiger partial charge is 0.497 e. The van der Waals surface area contributed by atoms with E-state index in [9.17, 15) is 18.0 Å². The van der Waals surface area contributed by atoms with Gasteiger partial charge >= 0.3 is 0 Å². The molecule has 2 rings (SSSR count). The van der Waals surface area contributed by atoms with Crippen LogP contribution in [0.4, 0.5) is 5.69 Å². The third-order valence-electron chi connectivity index (χ3n) is 5.62. The van der Waals surface area contributed by atoms with Gasteiger partial charge in [0.05, 0.1) is 19.1 Å². The Morgan fingerprint density at radius 1 is 1.00 bits per heavy atom. The van der Waals surface area contributed by atoms with E-state index < -0.39 is 28.5 Å². The molecule has 0 radical (unpaired) electrons. The third kappa shape index (κ3) is 7.48. The molecule has 9 heteroatoms. The van der Waals surface area contributed by atoms with Crippen LogP contribution < -0.4 is 14.4 Å². The van der Waals surface area contributed by atoms with Crippen LogP contribution in [0.3, 0.4) is 0 Å². The molecule has 8 nitrogen and oxygen atoms in total. The van der Waals surface area contributed by atoms with Crippen LogP contribution in [0.15, 0.2) is 54.6 Å². The van der Waals surface area contributed by atoms with E-state index in [0.717, 1.165) is 22.5 Å². The monoisotopic (exact) mass is 489 g/mol. The summed E-state index contributed by atoms with van der Waals surface area (Å²) >= 11 is 0. The molecular formula is C25H35N3O5S. The summed E-state index contributed by atoms with van der Waals surface area (Å²) in [6.45, 7) is 5.47. The third-order valence-corrected chi connectivity index (χ3v) is 6.76. The molecule has 0 aliphatic carbocycles. The fourth-order valence-electron chi connectivity index (χ4n) is 3.50. The Labute approximate surface area is 202 Å². The van der Waals surface area contributed by atoms with Gasteiger partial charge in [-0.25, -0.2) is 8.42 Å². The molecule has 34 heavy (non-hydrogen) atoms. The normalized spacial score (nSPS) is 13.0. The number of ether oxygens (including phenoxy) is 1. The molecule has 0 aromatic heterocycles. The molecule has 1 N–H and O–H groups in total. The summed E-state index contributed by atoms with van der Waals surface area (Å²) in [5.41, 5.74) is 1.19. The second kappa shape index (κ2) is 12.4. The summed E-state index contributed by atoms with van der Waals surface area (Å²) in [4.78, 5) is 28.1. The van der Waals surface area contributed by atoms with Crippen molar-refractivity contribution in [3.8, 4) is 5.75 Å². The highest BCUT2D eigenvalue weighted by atomic mass is 32.2. The zero-order valence-electron chi connectivity index (χ0n) is 20.5. The number of rotatable bonds is 12. The van der Waals surface area contributed by atoms with Gasteiger partial charge in [-0.05, 0) is 49.6 Å². The number of sulfonamides is 1. The van der Waals surface area contributed by atoms with Gasteiger partial charge in [0.1, 0.15) is 18.3 Å². The number of anilines is 1. The average molecular weight is 490 g/mol. The minimum absolute atomic E-state index is 0.0398. The Kier molecular flexibility index (Phi) is 9.92. The van der Waals surface area contributed by atoms with Crippen molar-refractivity contribution in [2.24, 2.45) is 0 Å². The number of carbonyl (C=O) groups is 2. The van der Waals surface area contributed by atoms with Gasteiger partial charge in [-0.15, -0.1) is 0 Å². The molecule has 2 unspecified atom stereocenters. The van der Waals surface area contributed by atoms with Crippen molar-refractivity contribution < 1.29 is 22.7 Å². The number of nitrogens with zero attached hydrogens (tertiary/aromatic N) is 2. The highest BCUT2D eigenvalue weighted by molar-refractivity contribution is 7.92. The van der Waals surface area contributed by atoms with Crippen molar-refractivity contribution in [2.75, 3.05) is 24.2 Å². The van der Waals surface area contributed by atoms with Crippen LogP contribution in [0.25, 0.3) is 0 Å². The highest BCUT2D eigenvalue weighted by Crippen LogP contribution is 2.22. The van der Waals surface area contributed by atoms with Gasteiger partial charge < -0.3 is 15.0 Å². The average Bonchev–Trinajstić information content (AvgIpc) is 2.82. The Bertz CT molecular complexity index is 1040. The molecule has 2 atom stereocenters. The van der Waals surface area contributed by atoms with Crippen LogP contribution in [-0.4, -0.2) is 57.1 Å². The first-order valence-electron chi connectivity index (χ1n) is 11.4. The van der Waals surface area contributed by atoms with Gasteiger partial charge in [-0.1, -0.05) is 44.2 Å². The van der Waals surface area contributed by atoms with Crippen LogP contribution in [0, 0.1) is 0 Å². The predicted octanol–water partition coefficient (Wildman–Crippen LogP) is 3.18. The molecular weight excluding hydrogens is 454 g/mol. The minimum Gasteiger partial charge on any atom is -0.497 e. The summed E-state index contributed by atoms with van der Waals surface area (Å²) in [6.07, 6.45) is 2.20. The van der Waals surface area contributed by atoms with E-state index in [4.69, 9.17) is 4.74 Å². The SMILES string of the molecule is CCC(C)NC(=O)C(CC)N(Cc1ccccc1)C(=O)CN(c1ccc(OC)cc1)S(C)(=O)=O. The maximum atomic E-state index is 13.6. The molecule has 0 aliphatic heterocycles. The molecule has 2 aromatic rings. The lowest BCUT2D eigenvalue weighted by molar-refractivity contribution is -0.140. The Hall–Kier alpha value is -3.07. The van der Waals surface area contributed by atoms with Crippen LogP contribution in [0.1, 0.15) is 39.2 Å². The summed E-state index contributed by atoms with van der Waals surface area (Å²) < 4.78 is 31.4. The Balaban J connectivity index is 2.40. The molecule has 0 heterocycles. The van der Waals surface area contributed by atoms with E-state index in [2.05, 4.69) is 5.32 Å². The van der Waals surface area contributed by atoms with Crippen molar-refractivity contribution in [2.45, 2.75) is 52.2 Å². The standard InChI is InChI=1S/C25H35N3O5S/c1-6-19(3)26-25(30)23(7-2)27(17-20-11-9-8-10-12-20)24(29)18-28(34(5,31)32)21-13-15-22(33-4)16-14-21/h8-16,19,23H,6-7,17-18H2,1-5H3,(H,26,30). The summed E-state index contributed by atoms with van der Waals surface area (Å²) in [6, 6.07) is 15.0. The maximum Gasteiger partial charge on any atom is 0.244 e. The van der Waals surface area contributed by atoms with Gasteiger partial charge in [0.25, 0.3) is 0 Å². The van der Waals surface area contributed by atoms with Crippen molar-refractivity contribution in [3.05, 3.63) is 60.2 Å². The number of methoxy groups -OCH3 is 1. The van der Waals surface area contributed by atoms with Gasteiger partial charge in [-0.3, -0.25) is 13.9 Å². The quantitative estimate of drug-likeness (QED) is 0.494. The summed E-state index contributed by atoms with van der Waals surface area (Å²) in [7, 11) is -2.25. The number of carbonyl (C=O) groups excluding carboxylic acids is 2. The minimum atomic E-state index is -3.77. The number of amides is 2. The van der Waals surface area contributed by atoms with Crippen molar-refractivity contribution >= 4 is 27.5 Å². The number of hydrogen-bond donors (Lipinski definition) is 1. The lowest BCUT2D eigenvalue weighted by atomic mass is 10.1. The first kappa shape index (κ1) is 27.2. The highest BCUT2D eigenvalue weighted by Gasteiger charge is 2.32. The van der Waals surface area contributed by atoms with Gasteiger partial charge in [0, 0.05) is 12.6 Å². The molecule has 0 fully saturated rings. The molecule has 0 aliphatic rings. The van der Waals surface area contributed by atoms with Crippen LogP contribution in [0.5, 0.6) is 5.75 Å². The topological polar surface area (TPSA) is 96.0 Å². The van der Waals surface area contributed by atoms with Crippen LogP contribution in [-0.2, 0) is 26.2 Å². The number of hydrogen-bond acceptors (Lipinski definition) is 5. The van der Waals surface area contributed by atoms with E-state index in [1.54, 1.807) is 24.3 Å². The first-order chi connectivity index (χ1) is 16.1. The molecule has 0 spiro atoms. The fraction of sp³-hybridized carbons (Fsp3) is 0.440. The first-order valence-corrected chi connectivity index (χ1v) is 13.2. The van der Waals surface area contributed by atoms with Gasteiger partial charge in [-0.2, -0.15) is 0 Å². The van der Waals surface area contributed by atoms with E-state index in [1.165, 1.54) is 12.0 Å². The maximum absolute atomic E-state index is 13.6. The molecule has 2 amide bonds. The predicted molar refractivity (Wildman–Crippen MR) is 134 cm³/mol. The second-order valence-electron chi connectivity index (χ2n) is 8.22. The molecule has 0 saturated heterocycles. The van der Waals surface area contributed by atoms with Gasteiger partial charge in [0.15, 0.2) is 0 Å². The summed E-state index contributed by atoms with van der Waals surface area (Å²) in [5.74, 6) is -0.144. The van der Waals surface area contributed by atoms with E-state index in [0.29, 0.717) is 17.9 Å². The second-order valence-corrected chi connectivity index (χ2v) is 10.1. The number of benzene rings is 2. The van der Waals surface area contributed by atoms with Crippen molar-refractivity contribution in [1.82, 2.24) is 10.2 Å². The lowest BCUT2D eigenvalue weighted by Gasteiger charge is -2.33. The molecule has 0 bridgehead atoms. The Morgan fingerprint density at radius 2 is 1.62 bits per heavy atom. The van der Waals surface area contributed by atoms with Crippen molar-refractivity contribution in [1.29, 1.82) is 0 Å². The van der Waals surface area contributed by atoms with Crippen molar-refractivity contribution in [3.63, 3.8) is 0 Å². The van der Waals surface area contributed by atoms with Crippen LogP contribution >= 0.6 is 0 Å². The molecule has 2 aromatic carbocycles. The number of nitrogens with one attached hydrogen (secondary N) is 1.